The van der Waals surface area contributed by atoms with Crippen molar-refractivity contribution in [3.8, 4) is 17.2 Å². The number of nitrogens with zero attached hydrogens (tertiary/aromatic N) is 2. The summed E-state index contributed by atoms with van der Waals surface area (Å²) >= 11 is 3.58. The van der Waals surface area contributed by atoms with E-state index >= 15 is 0 Å². The molecule has 27 heavy (non-hydrogen) atoms. The first-order valence-electron chi connectivity index (χ1n) is 9.06. The molecule has 2 atom stereocenters. The number of rotatable bonds is 4. The average Bonchev–Trinajstić information content (AvgIpc) is 3.12. The fourth-order valence-electron chi connectivity index (χ4n) is 3.72. The molecule has 2 unspecified atom stereocenters. The monoisotopic (exact) mass is 430 g/mol. The van der Waals surface area contributed by atoms with Gasteiger partial charge in [0, 0.05) is 27.9 Å². The van der Waals surface area contributed by atoms with Crippen LogP contribution in [0, 0.1) is 5.92 Å². The van der Waals surface area contributed by atoms with E-state index in [1.807, 2.05) is 30.3 Å². The zero-order valence-electron chi connectivity index (χ0n) is 15.9. The molecule has 6 heteroatoms. The summed E-state index contributed by atoms with van der Waals surface area (Å²) < 4.78 is 18.1. The van der Waals surface area contributed by atoms with Crippen LogP contribution in [-0.2, 0) is 0 Å². The second kappa shape index (κ2) is 7.08. The van der Waals surface area contributed by atoms with Crippen LogP contribution in [0.2, 0.25) is 0 Å². The van der Waals surface area contributed by atoms with Gasteiger partial charge in [-0.15, -0.1) is 0 Å². The lowest BCUT2D eigenvalue weighted by molar-refractivity contribution is -0.0461. The number of fused-ring (bicyclic) bond motifs is 3. The molecule has 2 aliphatic heterocycles. The van der Waals surface area contributed by atoms with E-state index in [2.05, 4.69) is 40.9 Å². The van der Waals surface area contributed by atoms with Gasteiger partial charge in [0.05, 0.1) is 26.0 Å². The maximum absolute atomic E-state index is 6.28. The topological polar surface area (TPSA) is 43.3 Å². The third-order valence-corrected chi connectivity index (χ3v) is 5.56. The maximum Gasteiger partial charge on any atom is 0.190 e. The van der Waals surface area contributed by atoms with Gasteiger partial charge in [-0.1, -0.05) is 29.8 Å². The Morgan fingerprint density at radius 2 is 1.89 bits per heavy atom. The Morgan fingerprint density at radius 1 is 1.11 bits per heavy atom. The van der Waals surface area contributed by atoms with Gasteiger partial charge in [0.25, 0.3) is 0 Å². The normalized spacial score (nSPS) is 20.7. The zero-order valence-corrected chi connectivity index (χ0v) is 17.5. The standard InChI is InChI=1S/C21H23BrN2O3/c1-12(2)21-24-17(15-10-14(22)6-8-18(15)27-21)11-16(23-24)13-5-7-19(25-3)20(9-13)26-4/h5-10,12,17,21H,11H2,1-4H3. The first kappa shape index (κ1) is 18.2. The first-order valence-corrected chi connectivity index (χ1v) is 9.85. The summed E-state index contributed by atoms with van der Waals surface area (Å²) in [5, 5.41) is 7.07. The minimum absolute atomic E-state index is 0.0821. The van der Waals surface area contributed by atoms with Crippen molar-refractivity contribution in [3.63, 3.8) is 0 Å². The number of benzene rings is 2. The molecule has 0 fully saturated rings. The summed E-state index contributed by atoms with van der Waals surface area (Å²) in [5.41, 5.74) is 3.24. The van der Waals surface area contributed by atoms with Crippen molar-refractivity contribution < 1.29 is 14.2 Å². The number of hydrogen-bond acceptors (Lipinski definition) is 5. The Balaban J connectivity index is 1.74. The molecular formula is C21H23BrN2O3. The molecule has 0 saturated carbocycles. The van der Waals surface area contributed by atoms with E-state index in [0.717, 1.165) is 33.7 Å². The largest absolute Gasteiger partial charge is 0.493 e. The fourth-order valence-corrected chi connectivity index (χ4v) is 4.10. The number of hydrazone groups is 1. The van der Waals surface area contributed by atoms with Gasteiger partial charge in [-0.25, -0.2) is 5.01 Å². The molecule has 0 bridgehead atoms. The molecule has 0 aromatic heterocycles. The average molecular weight is 431 g/mol. The molecule has 0 saturated heterocycles. The van der Waals surface area contributed by atoms with Crippen LogP contribution in [0.15, 0.2) is 46.0 Å². The van der Waals surface area contributed by atoms with Crippen LogP contribution >= 0.6 is 15.9 Å². The van der Waals surface area contributed by atoms with E-state index in [4.69, 9.17) is 19.3 Å². The van der Waals surface area contributed by atoms with E-state index in [1.165, 1.54) is 5.56 Å². The third-order valence-electron chi connectivity index (χ3n) is 5.07. The van der Waals surface area contributed by atoms with Crippen LogP contribution < -0.4 is 14.2 Å². The third kappa shape index (κ3) is 3.16. The summed E-state index contributed by atoms with van der Waals surface area (Å²) in [6.07, 6.45) is 0.743. The lowest BCUT2D eigenvalue weighted by Gasteiger charge is -2.40. The molecule has 0 spiro atoms. The molecule has 0 N–H and O–H groups in total. The van der Waals surface area contributed by atoms with Crippen LogP contribution in [0.25, 0.3) is 0 Å². The first-order chi connectivity index (χ1) is 13.0. The van der Waals surface area contributed by atoms with Gasteiger partial charge in [0.15, 0.2) is 17.7 Å². The Bertz CT molecular complexity index is 897. The van der Waals surface area contributed by atoms with Gasteiger partial charge in [-0.2, -0.15) is 5.10 Å². The predicted molar refractivity (Wildman–Crippen MR) is 109 cm³/mol. The smallest absolute Gasteiger partial charge is 0.190 e. The Labute approximate surface area is 168 Å². The van der Waals surface area contributed by atoms with Gasteiger partial charge in [0.2, 0.25) is 0 Å². The summed E-state index contributed by atoms with van der Waals surface area (Å²) in [4.78, 5) is 0. The Morgan fingerprint density at radius 3 is 2.59 bits per heavy atom. The SMILES string of the molecule is COc1ccc(C2=NN3C(C2)c2cc(Br)ccc2OC3C(C)C)cc1OC. The second-order valence-electron chi connectivity index (χ2n) is 7.15. The molecule has 2 aromatic carbocycles. The van der Waals surface area contributed by atoms with Crippen LogP contribution in [0.5, 0.6) is 17.2 Å². The van der Waals surface area contributed by atoms with Gasteiger partial charge in [-0.3, -0.25) is 0 Å². The van der Waals surface area contributed by atoms with Crippen LogP contribution in [-0.4, -0.2) is 31.2 Å². The number of methoxy groups -OCH3 is 2. The number of hydrogen-bond donors (Lipinski definition) is 0. The van der Waals surface area contributed by atoms with Crippen LogP contribution in [0.1, 0.15) is 37.4 Å². The number of ether oxygens (including phenoxy) is 3. The molecule has 2 aliphatic rings. The van der Waals surface area contributed by atoms with Crippen molar-refractivity contribution >= 4 is 21.6 Å². The van der Waals surface area contributed by atoms with E-state index in [-0.39, 0.29) is 12.3 Å². The van der Waals surface area contributed by atoms with E-state index in [1.54, 1.807) is 14.2 Å². The summed E-state index contributed by atoms with van der Waals surface area (Å²) in [6.45, 7) is 4.32. The van der Waals surface area contributed by atoms with Crippen molar-refractivity contribution in [2.45, 2.75) is 32.5 Å². The molecule has 5 nitrogen and oxygen atoms in total. The Hall–Kier alpha value is -2.21. The van der Waals surface area contributed by atoms with Crippen LogP contribution in [0.3, 0.4) is 0 Å². The maximum atomic E-state index is 6.28. The van der Waals surface area contributed by atoms with Crippen molar-refractivity contribution in [2.24, 2.45) is 11.0 Å². The van der Waals surface area contributed by atoms with E-state index < -0.39 is 0 Å². The highest BCUT2D eigenvalue weighted by atomic mass is 79.9. The highest BCUT2D eigenvalue weighted by Crippen LogP contribution is 2.45. The molecule has 0 radical (unpaired) electrons. The minimum atomic E-state index is -0.0821. The van der Waals surface area contributed by atoms with Gasteiger partial charge in [0.1, 0.15) is 5.75 Å². The summed E-state index contributed by atoms with van der Waals surface area (Å²) in [7, 11) is 3.29. The molecular weight excluding hydrogens is 408 g/mol. The predicted octanol–water partition coefficient (Wildman–Crippen LogP) is 4.99. The summed E-state index contributed by atoms with van der Waals surface area (Å²) in [6, 6.07) is 12.3. The number of halogens is 1. The van der Waals surface area contributed by atoms with Crippen molar-refractivity contribution in [1.82, 2.24) is 5.01 Å². The van der Waals surface area contributed by atoms with Crippen molar-refractivity contribution in [3.05, 3.63) is 52.0 Å². The fraction of sp³-hybridized carbons (Fsp3) is 0.381. The van der Waals surface area contributed by atoms with Crippen molar-refractivity contribution in [1.29, 1.82) is 0 Å². The zero-order chi connectivity index (χ0) is 19.1. The highest BCUT2D eigenvalue weighted by molar-refractivity contribution is 9.10. The molecule has 2 aromatic rings. The second-order valence-corrected chi connectivity index (χ2v) is 8.07. The Kier molecular flexibility index (Phi) is 4.76. The molecule has 0 amide bonds. The van der Waals surface area contributed by atoms with E-state index in [9.17, 15) is 0 Å². The summed E-state index contributed by atoms with van der Waals surface area (Å²) in [5.74, 6) is 2.69. The van der Waals surface area contributed by atoms with Gasteiger partial charge < -0.3 is 14.2 Å². The van der Waals surface area contributed by atoms with Gasteiger partial charge >= 0.3 is 0 Å². The quantitative estimate of drug-likeness (QED) is 0.684. The van der Waals surface area contributed by atoms with Crippen molar-refractivity contribution in [2.75, 3.05) is 14.2 Å². The van der Waals surface area contributed by atoms with E-state index in [0.29, 0.717) is 11.7 Å². The van der Waals surface area contributed by atoms with Gasteiger partial charge in [-0.05, 0) is 36.4 Å². The highest BCUT2D eigenvalue weighted by Gasteiger charge is 2.41. The lowest BCUT2D eigenvalue weighted by Crippen LogP contribution is -2.43. The molecule has 2 heterocycles. The van der Waals surface area contributed by atoms with Crippen LogP contribution in [0.4, 0.5) is 0 Å². The minimum Gasteiger partial charge on any atom is -0.493 e. The molecule has 4 rings (SSSR count). The molecule has 0 aliphatic carbocycles. The lowest BCUT2D eigenvalue weighted by atomic mass is 9.95. The molecule has 142 valence electrons.